The summed E-state index contributed by atoms with van der Waals surface area (Å²) in [4.78, 5) is 11.9. The number of ether oxygens (including phenoxy) is 1. The number of rotatable bonds is 7. The molecule has 5 nitrogen and oxygen atoms in total. The first kappa shape index (κ1) is 17.2. The molecule has 0 amide bonds. The largest absolute Gasteiger partial charge is 0.465 e. The van der Waals surface area contributed by atoms with E-state index in [1.807, 2.05) is 39.3 Å². The number of carbonyl (C=O) groups excluding carboxylic acids is 1. The minimum absolute atomic E-state index is 0.193. The molecule has 0 saturated carbocycles. The Balaban J connectivity index is 2.70. The number of nitrogens with zero attached hydrogens (tertiary/aromatic N) is 2. The zero-order valence-electron chi connectivity index (χ0n) is 12.9. The molecule has 1 aromatic rings. The fourth-order valence-electron chi connectivity index (χ4n) is 2.06. The van der Waals surface area contributed by atoms with Gasteiger partial charge < -0.3 is 10.1 Å². The molecule has 0 fully saturated rings. The van der Waals surface area contributed by atoms with Crippen LogP contribution in [0.5, 0.6) is 0 Å². The van der Waals surface area contributed by atoms with Gasteiger partial charge in [0.2, 0.25) is 0 Å². The van der Waals surface area contributed by atoms with Crippen molar-refractivity contribution in [3.8, 4) is 0 Å². The first-order valence-electron chi connectivity index (χ1n) is 6.99. The molecule has 0 saturated heterocycles. The van der Waals surface area contributed by atoms with Crippen LogP contribution in [0.3, 0.4) is 0 Å². The van der Waals surface area contributed by atoms with Crippen molar-refractivity contribution >= 4 is 21.9 Å². The molecular formula is C14H24BrN3O2. The highest BCUT2D eigenvalue weighted by atomic mass is 79.9. The molecule has 1 N–H and O–H groups in total. The molecule has 1 atom stereocenters. The van der Waals surface area contributed by atoms with Crippen molar-refractivity contribution in [3.05, 3.63) is 15.9 Å². The predicted octanol–water partition coefficient (Wildman–Crippen LogP) is 2.58. The van der Waals surface area contributed by atoms with Crippen LogP contribution >= 0.6 is 15.9 Å². The highest BCUT2D eigenvalue weighted by Crippen LogP contribution is 2.20. The van der Waals surface area contributed by atoms with Gasteiger partial charge in [0.25, 0.3) is 0 Å². The molecule has 6 heteroatoms. The van der Waals surface area contributed by atoms with Crippen LogP contribution in [0.25, 0.3) is 0 Å². The zero-order valence-corrected chi connectivity index (χ0v) is 14.5. The van der Waals surface area contributed by atoms with Gasteiger partial charge in [0, 0.05) is 18.3 Å². The van der Waals surface area contributed by atoms with E-state index in [1.165, 1.54) is 0 Å². The van der Waals surface area contributed by atoms with Crippen LogP contribution in [-0.4, -0.2) is 34.4 Å². The summed E-state index contributed by atoms with van der Waals surface area (Å²) in [6.45, 7) is 10.9. The van der Waals surface area contributed by atoms with Crippen LogP contribution in [0.4, 0.5) is 0 Å². The van der Waals surface area contributed by atoms with Crippen LogP contribution < -0.4 is 5.32 Å². The van der Waals surface area contributed by atoms with Gasteiger partial charge in [-0.1, -0.05) is 13.8 Å². The van der Waals surface area contributed by atoms with Crippen molar-refractivity contribution in [2.45, 2.75) is 59.7 Å². The maximum absolute atomic E-state index is 11.9. The smallest absolute Gasteiger partial charge is 0.323 e. The Kier molecular flexibility index (Phi) is 6.68. The summed E-state index contributed by atoms with van der Waals surface area (Å²) in [5, 5.41) is 7.70. The maximum atomic E-state index is 11.9. The van der Waals surface area contributed by atoms with Crippen LogP contribution in [0.2, 0.25) is 0 Å². The van der Waals surface area contributed by atoms with Crippen molar-refractivity contribution in [2.75, 3.05) is 6.61 Å². The molecule has 0 aromatic carbocycles. The summed E-state index contributed by atoms with van der Waals surface area (Å²) in [5.74, 6) is -0.193. The van der Waals surface area contributed by atoms with E-state index in [1.54, 1.807) is 0 Å². The molecule has 1 rings (SSSR count). The average molecular weight is 346 g/mol. The molecule has 0 radical (unpaired) electrons. The van der Waals surface area contributed by atoms with E-state index in [2.05, 4.69) is 26.3 Å². The molecule has 114 valence electrons. The summed E-state index contributed by atoms with van der Waals surface area (Å²) in [5.41, 5.74) is 2.04. The Morgan fingerprint density at radius 1 is 1.45 bits per heavy atom. The molecule has 1 unspecified atom stereocenters. The maximum Gasteiger partial charge on any atom is 0.323 e. The molecule has 1 aromatic heterocycles. The summed E-state index contributed by atoms with van der Waals surface area (Å²) in [7, 11) is 0. The lowest BCUT2D eigenvalue weighted by molar-refractivity contribution is -0.146. The van der Waals surface area contributed by atoms with E-state index in [0.29, 0.717) is 19.6 Å². The van der Waals surface area contributed by atoms with E-state index in [-0.39, 0.29) is 18.1 Å². The second kappa shape index (κ2) is 7.78. The number of esters is 1. The van der Waals surface area contributed by atoms with E-state index in [9.17, 15) is 4.79 Å². The lowest BCUT2D eigenvalue weighted by atomic mass is 10.2. The van der Waals surface area contributed by atoms with E-state index >= 15 is 0 Å². The number of nitrogens with one attached hydrogen (secondary N) is 1. The standard InChI is InChI=1S/C14H24BrN3O2/c1-6-20-14(19)12(16-9(2)3)7-8-18-11(5)13(15)10(4)17-18/h9,12,16H,6-8H2,1-5H3. The Hall–Kier alpha value is -0.880. The Bertz CT molecular complexity index is 458. The average Bonchev–Trinajstić information content (AvgIpc) is 2.62. The van der Waals surface area contributed by atoms with Crippen LogP contribution in [0.15, 0.2) is 4.47 Å². The third-order valence-corrected chi connectivity index (χ3v) is 4.18. The van der Waals surface area contributed by atoms with Gasteiger partial charge in [0.05, 0.1) is 16.8 Å². The molecule has 0 aliphatic heterocycles. The number of carbonyl (C=O) groups is 1. The summed E-state index contributed by atoms with van der Waals surface area (Å²) >= 11 is 3.51. The number of aromatic nitrogens is 2. The fraction of sp³-hybridized carbons (Fsp3) is 0.714. The van der Waals surface area contributed by atoms with Gasteiger partial charge in [-0.2, -0.15) is 5.10 Å². The van der Waals surface area contributed by atoms with Crippen molar-refractivity contribution in [2.24, 2.45) is 0 Å². The zero-order chi connectivity index (χ0) is 15.3. The summed E-state index contributed by atoms with van der Waals surface area (Å²) in [6.07, 6.45) is 0.658. The van der Waals surface area contributed by atoms with Gasteiger partial charge in [-0.25, -0.2) is 0 Å². The molecule has 0 bridgehead atoms. The minimum Gasteiger partial charge on any atom is -0.465 e. The third kappa shape index (κ3) is 4.59. The molecular weight excluding hydrogens is 322 g/mol. The highest BCUT2D eigenvalue weighted by Gasteiger charge is 2.21. The Morgan fingerprint density at radius 3 is 2.55 bits per heavy atom. The van der Waals surface area contributed by atoms with Gasteiger partial charge in [-0.05, 0) is 43.1 Å². The number of hydrogen-bond donors (Lipinski definition) is 1. The minimum atomic E-state index is -0.294. The van der Waals surface area contributed by atoms with E-state index in [0.717, 1.165) is 15.9 Å². The van der Waals surface area contributed by atoms with Gasteiger partial charge in [0.1, 0.15) is 6.04 Å². The van der Waals surface area contributed by atoms with Crippen LogP contribution in [0, 0.1) is 13.8 Å². The SMILES string of the molecule is CCOC(=O)C(CCn1nc(C)c(Br)c1C)NC(C)C. The van der Waals surface area contributed by atoms with Gasteiger partial charge in [-0.3, -0.25) is 9.48 Å². The summed E-state index contributed by atoms with van der Waals surface area (Å²) < 4.78 is 8.07. The summed E-state index contributed by atoms with van der Waals surface area (Å²) in [6, 6.07) is -0.0609. The lowest BCUT2D eigenvalue weighted by Gasteiger charge is -2.20. The van der Waals surface area contributed by atoms with Crippen molar-refractivity contribution in [1.29, 1.82) is 0 Å². The topological polar surface area (TPSA) is 56.2 Å². The monoisotopic (exact) mass is 345 g/mol. The van der Waals surface area contributed by atoms with E-state index < -0.39 is 0 Å². The lowest BCUT2D eigenvalue weighted by Crippen LogP contribution is -2.42. The quantitative estimate of drug-likeness (QED) is 0.771. The van der Waals surface area contributed by atoms with Crippen molar-refractivity contribution < 1.29 is 9.53 Å². The van der Waals surface area contributed by atoms with Gasteiger partial charge >= 0.3 is 5.97 Å². The Morgan fingerprint density at radius 2 is 2.10 bits per heavy atom. The van der Waals surface area contributed by atoms with Crippen molar-refractivity contribution in [1.82, 2.24) is 15.1 Å². The van der Waals surface area contributed by atoms with E-state index in [4.69, 9.17) is 4.74 Å². The van der Waals surface area contributed by atoms with Gasteiger partial charge in [-0.15, -0.1) is 0 Å². The third-order valence-electron chi connectivity index (χ3n) is 3.03. The predicted molar refractivity (Wildman–Crippen MR) is 82.7 cm³/mol. The molecule has 20 heavy (non-hydrogen) atoms. The van der Waals surface area contributed by atoms with Crippen LogP contribution in [-0.2, 0) is 16.1 Å². The number of aryl methyl sites for hydroxylation is 2. The molecule has 0 aliphatic rings. The fourth-order valence-corrected chi connectivity index (χ4v) is 2.34. The van der Waals surface area contributed by atoms with Crippen LogP contribution in [0.1, 0.15) is 38.6 Å². The molecule has 1 heterocycles. The van der Waals surface area contributed by atoms with Crippen molar-refractivity contribution in [3.63, 3.8) is 0 Å². The number of halogens is 1. The second-order valence-electron chi connectivity index (χ2n) is 5.12. The first-order valence-corrected chi connectivity index (χ1v) is 7.78. The molecule has 0 spiro atoms. The Labute approximate surface area is 129 Å². The van der Waals surface area contributed by atoms with Gasteiger partial charge in [0.15, 0.2) is 0 Å². The highest BCUT2D eigenvalue weighted by molar-refractivity contribution is 9.10. The second-order valence-corrected chi connectivity index (χ2v) is 5.92. The first-order chi connectivity index (χ1) is 9.36. The normalized spacial score (nSPS) is 12.8. The molecule has 0 aliphatic carbocycles. The number of hydrogen-bond acceptors (Lipinski definition) is 4.